The Bertz CT molecular complexity index is 1370. The van der Waals surface area contributed by atoms with Crippen molar-refractivity contribution in [3.63, 3.8) is 0 Å². The number of benzene rings is 2. The maximum atomic E-state index is 13.9. The van der Waals surface area contributed by atoms with Gasteiger partial charge < -0.3 is 34.6 Å². The zero-order valence-electron chi connectivity index (χ0n) is 25.0. The highest BCUT2D eigenvalue weighted by molar-refractivity contribution is 14.1. The minimum absolute atomic E-state index is 0.0426. The zero-order chi connectivity index (χ0) is 33.3. The number of hydrogen-bond donors (Lipinski definition) is 3. The van der Waals surface area contributed by atoms with Crippen molar-refractivity contribution in [2.75, 3.05) is 33.4 Å². The van der Waals surface area contributed by atoms with Gasteiger partial charge in [0.05, 0.1) is 35.0 Å². The average molecular weight is 749 g/mol. The smallest absolute Gasteiger partial charge is 0.416 e. The van der Waals surface area contributed by atoms with Crippen molar-refractivity contribution in [1.82, 2.24) is 10.2 Å². The van der Waals surface area contributed by atoms with Crippen molar-refractivity contribution < 1.29 is 52.0 Å². The van der Waals surface area contributed by atoms with Crippen molar-refractivity contribution in [1.29, 1.82) is 0 Å². The summed E-state index contributed by atoms with van der Waals surface area (Å²) in [6.07, 6.45) is -5.02. The number of halogens is 4. The quantitative estimate of drug-likeness (QED) is 0.150. The van der Waals surface area contributed by atoms with Crippen LogP contribution in [0, 0.1) is 3.57 Å². The van der Waals surface area contributed by atoms with Gasteiger partial charge in [-0.25, -0.2) is 0 Å². The number of alkyl halides is 3. The molecule has 3 atom stereocenters. The van der Waals surface area contributed by atoms with E-state index in [1.807, 2.05) is 36.4 Å². The van der Waals surface area contributed by atoms with Gasteiger partial charge in [-0.15, -0.1) is 0 Å². The number of amides is 2. The summed E-state index contributed by atoms with van der Waals surface area (Å²) in [5.74, 6) is -0.833. The summed E-state index contributed by atoms with van der Waals surface area (Å²) in [4.78, 5) is 39.6. The Labute approximate surface area is 272 Å². The monoisotopic (exact) mass is 748 g/mol. The van der Waals surface area contributed by atoms with Crippen molar-refractivity contribution in [2.24, 2.45) is 0 Å². The van der Waals surface area contributed by atoms with Gasteiger partial charge in [0, 0.05) is 42.8 Å². The summed E-state index contributed by atoms with van der Waals surface area (Å²) in [5.41, 5.74) is -0.482. The third-order valence-electron chi connectivity index (χ3n) is 6.97. The molecule has 3 N–H and O–H groups in total. The summed E-state index contributed by atoms with van der Waals surface area (Å²) in [5, 5.41) is 23.5. The lowest BCUT2D eigenvalue weighted by Crippen LogP contribution is -2.55. The largest absolute Gasteiger partial charge is 0.493 e. The van der Waals surface area contributed by atoms with E-state index in [0.29, 0.717) is 21.8 Å². The number of carbonyl (C=O) groups is 3. The summed E-state index contributed by atoms with van der Waals surface area (Å²) < 4.78 is 57.3. The molecule has 3 rings (SSSR count). The fraction of sp³-hybridized carbons (Fsp3) is 0.452. The fourth-order valence-electron chi connectivity index (χ4n) is 4.78. The molecule has 2 aromatic carbocycles. The molecule has 14 heteroatoms. The van der Waals surface area contributed by atoms with Crippen LogP contribution < -0.4 is 14.8 Å². The van der Waals surface area contributed by atoms with Gasteiger partial charge >= 0.3 is 6.18 Å². The van der Waals surface area contributed by atoms with E-state index in [4.69, 9.17) is 14.2 Å². The highest BCUT2D eigenvalue weighted by Gasteiger charge is 2.41. The molecule has 0 heterocycles. The number of aliphatic hydroxyl groups excluding tert-OH is 2. The number of hydrogen-bond acceptors (Lipinski definition) is 8. The molecule has 0 saturated heterocycles. The van der Waals surface area contributed by atoms with Gasteiger partial charge in [0.15, 0.2) is 11.5 Å². The van der Waals surface area contributed by atoms with Crippen molar-refractivity contribution in [2.45, 2.75) is 57.2 Å². The van der Waals surface area contributed by atoms with E-state index >= 15 is 0 Å². The SMILES string of the molecule is COc1cc(C=O)cc(I)c1OC1C=C(C(=O)NCCO)CC(N(CCCOC(C)C)C(=O)c2ccc(C(F)(F)F)cc2)C1O. The van der Waals surface area contributed by atoms with E-state index in [1.165, 1.54) is 24.2 Å². The molecule has 2 amide bonds. The molecule has 10 nitrogen and oxygen atoms in total. The van der Waals surface area contributed by atoms with Gasteiger partial charge in [-0.1, -0.05) is 0 Å². The minimum Gasteiger partial charge on any atom is -0.493 e. The third-order valence-corrected chi connectivity index (χ3v) is 7.77. The van der Waals surface area contributed by atoms with Gasteiger partial charge in [-0.3, -0.25) is 14.4 Å². The number of methoxy groups -OCH3 is 1. The van der Waals surface area contributed by atoms with Gasteiger partial charge in [-0.05, 0) is 85.3 Å². The third kappa shape index (κ3) is 9.64. The Kier molecular flexibility index (Phi) is 13.2. The molecule has 246 valence electrons. The Morgan fingerprint density at radius 1 is 1.20 bits per heavy atom. The molecule has 2 aromatic rings. The van der Waals surface area contributed by atoms with Crippen molar-refractivity contribution in [3.8, 4) is 11.5 Å². The number of carbonyl (C=O) groups excluding carboxylic acids is 3. The molecule has 0 saturated carbocycles. The van der Waals surface area contributed by atoms with Crippen LogP contribution in [-0.4, -0.2) is 91.0 Å². The van der Waals surface area contributed by atoms with Crippen LogP contribution in [0.4, 0.5) is 13.2 Å². The van der Waals surface area contributed by atoms with E-state index in [9.17, 15) is 37.8 Å². The molecule has 0 aromatic heterocycles. The molecule has 1 aliphatic rings. The Hall–Kier alpha value is -3.21. The van der Waals surface area contributed by atoms with Crippen LogP contribution in [0.1, 0.15) is 53.0 Å². The Morgan fingerprint density at radius 2 is 1.89 bits per heavy atom. The molecule has 0 aliphatic heterocycles. The van der Waals surface area contributed by atoms with Crippen LogP contribution in [-0.2, 0) is 15.7 Å². The second-order valence-corrected chi connectivity index (χ2v) is 11.7. The average Bonchev–Trinajstić information content (AvgIpc) is 3.00. The minimum atomic E-state index is -4.59. The van der Waals surface area contributed by atoms with Crippen LogP contribution in [0.25, 0.3) is 0 Å². The Morgan fingerprint density at radius 3 is 2.47 bits per heavy atom. The van der Waals surface area contributed by atoms with Gasteiger partial charge in [-0.2, -0.15) is 13.2 Å². The van der Waals surface area contributed by atoms with E-state index in [1.54, 1.807) is 6.07 Å². The van der Waals surface area contributed by atoms with Crippen LogP contribution in [0.15, 0.2) is 48.0 Å². The normalized spacial score (nSPS) is 18.3. The zero-order valence-corrected chi connectivity index (χ0v) is 27.1. The molecule has 0 radical (unpaired) electrons. The summed E-state index contributed by atoms with van der Waals surface area (Å²) in [6, 6.07) is 5.69. The van der Waals surface area contributed by atoms with Gasteiger partial charge in [0.1, 0.15) is 18.5 Å². The molecular weight excluding hydrogens is 712 g/mol. The number of ether oxygens (including phenoxy) is 3. The summed E-state index contributed by atoms with van der Waals surface area (Å²) >= 11 is 1.94. The second kappa shape index (κ2) is 16.4. The number of aldehydes is 1. The predicted molar refractivity (Wildman–Crippen MR) is 166 cm³/mol. The molecule has 0 fully saturated rings. The highest BCUT2D eigenvalue weighted by atomic mass is 127. The topological polar surface area (TPSA) is 135 Å². The molecule has 3 unspecified atom stereocenters. The van der Waals surface area contributed by atoms with E-state index in [-0.39, 0.29) is 61.5 Å². The van der Waals surface area contributed by atoms with Crippen LogP contribution in [0.5, 0.6) is 11.5 Å². The molecular formula is C31H36F3IN2O8. The maximum Gasteiger partial charge on any atom is 0.416 e. The van der Waals surface area contributed by atoms with Crippen LogP contribution >= 0.6 is 22.6 Å². The molecule has 1 aliphatic carbocycles. The van der Waals surface area contributed by atoms with Gasteiger partial charge in [0.2, 0.25) is 5.91 Å². The predicted octanol–water partition coefficient (Wildman–Crippen LogP) is 4.00. The molecule has 0 spiro atoms. The number of aliphatic hydroxyl groups is 2. The maximum absolute atomic E-state index is 13.9. The highest BCUT2D eigenvalue weighted by Crippen LogP contribution is 2.37. The first-order chi connectivity index (χ1) is 21.3. The second-order valence-electron chi connectivity index (χ2n) is 10.5. The van der Waals surface area contributed by atoms with Crippen molar-refractivity contribution >= 4 is 40.7 Å². The van der Waals surface area contributed by atoms with Crippen LogP contribution in [0.3, 0.4) is 0 Å². The first-order valence-corrected chi connectivity index (χ1v) is 15.3. The van der Waals surface area contributed by atoms with E-state index in [2.05, 4.69) is 5.32 Å². The fourth-order valence-corrected chi connectivity index (χ4v) is 5.53. The summed E-state index contributed by atoms with van der Waals surface area (Å²) in [6.45, 7) is 3.62. The van der Waals surface area contributed by atoms with E-state index < -0.39 is 41.8 Å². The van der Waals surface area contributed by atoms with Gasteiger partial charge in [0.25, 0.3) is 5.91 Å². The molecule has 0 bridgehead atoms. The molecule has 45 heavy (non-hydrogen) atoms. The summed E-state index contributed by atoms with van der Waals surface area (Å²) in [7, 11) is 1.38. The lowest BCUT2D eigenvalue weighted by molar-refractivity contribution is -0.137. The van der Waals surface area contributed by atoms with Crippen LogP contribution in [0.2, 0.25) is 0 Å². The standard InChI is InChI=1S/C31H36F3IN2O8/c1-18(2)44-12-4-10-37(30(42)20-5-7-22(8-6-20)31(32,33)34)24-15-21(29(41)36-9-11-38)16-25(27(24)40)45-28-23(35)13-19(17-39)14-26(28)43-3/h5-8,13-14,16-18,24-25,27,38,40H,4,9-12,15H2,1-3H3,(H,36,41). The van der Waals surface area contributed by atoms with E-state index in [0.717, 1.165) is 24.3 Å². The first-order valence-electron chi connectivity index (χ1n) is 14.2. The number of nitrogens with one attached hydrogen (secondary N) is 1. The lowest BCUT2D eigenvalue weighted by Gasteiger charge is -2.40. The lowest BCUT2D eigenvalue weighted by atomic mass is 9.87. The number of rotatable bonds is 14. The first kappa shape index (κ1) is 36.3. The number of nitrogens with zero attached hydrogens (tertiary/aromatic N) is 1. The Balaban J connectivity index is 2.04. The van der Waals surface area contributed by atoms with Crippen molar-refractivity contribution in [3.05, 3.63) is 68.3 Å².